The largest absolute Gasteiger partial charge is 0.394 e. The minimum Gasteiger partial charge on any atom is -0.394 e. The minimum absolute atomic E-state index is 0.0903. The summed E-state index contributed by atoms with van der Waals surface area (Å²) in [4.78, 5) is 11.8. The van der Waals surface area contributed by atoms with Crippen LogP contribution in [0.5, 0.6) is 0 Å². The molecule has 0 aromatic rings. The van der Waals surface area contributed by atoms with Crippen molar-refractivity contribution in [3.8, 4) is 0 Å². The summed E-state index contributed by atoms with van der Waals surface area (Å²) >= 11 is 0. The summed E-state index contributed by atoms with van der Waals surface area (Å²) in [6.07, 6.45) is 11.9. The Kier molecular flexibility index (Phi) is 13.5. The van der Waals surface area contributed by atoms with E-state index < -0.39 is 12.1 Å². The zero-order valence-electron chi connectivity index (χ0n) is 13.7. The molecule has 0 aliphatic rings. The van der Waals surface area contributed by atoms with E-state index in [1.165, 1.54) is 25.7 Å². The summed E-state index contributed by atoms with van der Waals surface area (Å²) in [6, 6.07) is -0.606. The molecule has 4 heteroatoms. The van der Waals surface area contributed by atoms with Gasteiger partial charge in [-0.15, -0.1) is 0 Å². The number of allylic oxidation sites excluding steroid dienone is 1. The van der Waals surface area contributed by atoms with Gasteiger partial charge in [0.05, 0.1) is 18.8 Å². The van der Waals surface area contributed by atoms with Gasteiger partial charge in [0.2, 0.25) is 5.91 Å². The van der Waals surface area contributed by atoms with E-state index in [2.05, 4.69) is 19.2 Å². The molecular formula is C17H33NO3. The lowest BCUT2D eigenvalue weighted by Crippen LogP contribution is -2.45. The highest BCUT2D eigenvalue weighted by atomic mass is 16.3. The summed E-state index contributed by atoms with van der Waals surface area (Å²) < 4.78 is 0. The van der Waals surface area contributed by atoms with Gasteiger partial charge in [-0.1, -0.05) is 64.5 Å². The van der Waals surface area contributed by atoms with Crippen molar-refractivity contribution in [2.75, 3.05) is 6.61 Å². The normalized spacial score (nSPS) is 14.3. The van der Waals surface area contributed by atoms with Gasteiger partial charge in [-0.3, -0.25) is 4.79 Å². The molecule has 21 heavy (non-hydrogen) atoms. The van der Waals surface area contributed by atoms with E-state index in [0.29, 0.717) is 6.42 Å². The van der Waals surface area contributed by atoms with Crippen molar-refractivity contribution in [1.82, 2.24) is 5.32 Å². The fourth-order valence-electron chi connectivity index (χ4n) is 2.12. The summed E-state index contributed by atoms with van der Waals surface area (Å²) in [5.41, 5.74) is 0. The molecule has 4 nitrogen and oxygen atoms in total. The van der Waals surface area contributed by atoms with Crippen LogP contribution < -0.4 is 5.32 Å². The van der Waals surface area contributed by atoms with Crippen molar-refractivity contribution in [3.63, 3.8) is 0 Å². The van der Waals surface area contributed by atoms with Gasteiger partial charge in [0, 0.05) is 6.42 Å². The van der Waals surface area contributed by atoms with Gasteiger partial charge >= 0.3 is 0 Å². The number of carbonyl (C=O) groups excluding carboxylic acids is 1. The quantitative estimate of drug-likeness (QED) is 0.362. The number of nitrogens with one attached hydrogen (secondary N) is 1. The van der Waals surface area contributed by atoms with Crippen molar-refractivity contribution >= 4 is 5.91 Å². The Labute approximate surface area is 129 Å². The molecule has 0 fully saturated rings. The van der Waals surface area contributed by atoms with Crippen LogP contribution in [0.3, 0.4) is 0 Å². The van der Waals surface area contributed by atoms with E-state index in [4.69, 9.17) is 0 Å². The van der Waals surface area contributed by atoms with Crippen LogP contribution in [0.2, 0.25) is 0 Å². The lowest BCUT2D eigenvalue weighted by Gasteiger charge is -2.19. The first-order valence-electron chi connectivity index (χ1n) is 8.40. The second-order valence-electron chi connectivity index (χ2n) is 5.58. The Balaban J connectivity index is 3.87. The van der Waals surface area contributed by atoms with Crippen molar-refractivity contribution in [3.05, 3.63) is 12.2 Å². The van der Waals surface area contributed by atoms with Crippen molar-refractivity contribution in [2.24, 2.45) is 0 Å². The number of hydrogen-bond donors (Lipinski definition) is 3. The molecule has 0 saturated carbocycles. The Hall–Kier alpha value is -0.870. The van der Waals surface area contributed by atoms with Crippen LogP contribution in [-0.4, -0.2) is 34.9 Å². The molecule has 0 spiro atoms. The van der Waals surface area contributed by atoms with Crippen molar-refractivity contribution in [2.45, 2.75) is 83.8 Å². The van der Waals surface area contributed by atoms with E-state index in [-0.39, 0.29) is 12.5 Å². The van der Waals surface area contributed by atoms with Crippen molar-refractivity contribution in [1.29, 1.82) is 0 Å². The van der Waals surface area contributed by atoms with Crippen LogP contribution in [0.25, 0.3) is 0 Å². The summed E-state index contributed by atoms with van der Waals surface area (Å²) in [6.45, 7) is 3.99. The first-order chi connectivity index (χ1) is 10.2. The maximum absolute atomic E-state index is 11.8. The smallest absolute Gasteiger partial charge is 0.220 e. The maximum atomic E-state index is 11.8. The van der Waals surface area contributed by atoms with Gasteiger partial charge in [0.25, 0.3) is 0 Å². The number of rotatable bonds is 13. The molecule has 0 rings (SSSR count). The Bertz CT molecular complexity index is 279. The number of hydrogen-bond acceptors (Lipinski definition) is 3. The van der Waals surface area contributed by atoms with Gasteiger partial charge in [-0.25, -0.2) is 0 Å². The highest BCUT2D eigenvalue weighted by Crippen LogP contribution is 2.07. The lowest BCUT2D eigenvalue weighted by molar-refractivity contribution is -0.123. The molecule has 3 N–H and O–H groups in total. The summed E-state index contributed by atoms with van der Waals surface area (Å²) in [5.74, 6) is -0.0903. The Morgan fingerprint density at radius 3 is 2.38 bits per heavy atom. The number of carbonyl (C=O) groups is 1. The third-order valence-electron chi connectivity index (χ3n) is 3.50. The second-order valence-corrected chi connectivity index (χ2v) is 5.58. The molecule has 0 bridgehead atoms. The molecular weight excluding hydrogens is 266 g/mol. The van der Waals surface area contributed by atoms with Gasteiger partial charge in [-0.2, -0.15) is 0 Å². The van der Waals surface area contributed by atoms with E-state index in [1.54, 1.807) is 6.08 Å². The van der Waals surface area contributed by atoms with Crippen LogP contribution in [0, 0.1) is 0 Å². The molecule has 0 aromatic carbocycles. The standard InChI is InChI=1S/C17H33NO3/c1-3-5-7-8-9-11-13-17(21)18-15(14-19)16(20)12-10-6-4-2/h10,12,15-16,19-20H,3-9,11,13-14H2,1-2H3,(H,18,21)/b12-10+. The first-order valence-corrected chi connectivity index (χ1v) is 8.40. The predicted molar refractivity (Wildman–Crippen MR) is 87.1 cm³/mol. The maximum Gasteiger partial charge on any atom is 0.220 e. The topological polar surface area (TPSA) is 69.6 Å². The Morgan fingerprint density at radius 2 is 1.76 bits per heavy atom. The molecule has 0 heterocycles. The fraction of sp³-hybridized carbons (Fsp3) is 0.824. The number of aliphatic hydroxyl groups is 2. The highest BCUT2D eigenvalue weighted by molar-refractivity contribution is 5.76. The molecule has 0 saturated heterocycles. The monoisotopic (exact) mass is 299 g/mol. The van der Waals surface area contributed by atoms with Crippen LogP contribution >= 0.6 is 0 Å². The van der Waals surface area contributed by atoms with Gasteiger partial charge in [0.15, 0.2) is 0 Å². The SMILES string of the molecule is CCC/C=C/C(O)C(CO)NC(=O)CCCCCCCC. The van der Waals surface area contributed by atoms with E-state index in [9.17, 15) is 15.0 Å². The van der Waals surface area contributed by atoms with Gasteiger partial charge < -0.3 is 15.5 Å². The minimum atomic E-state index is -0.824. The fourth-order valence-corrected chi connectivity index (χ4v) is 2.12. The Morgan fingerprint density at radius 1 is 1.10 bits per heavy atom. The predicted octanol–water partition coefficient (Wildman–Crippen LogP) is 2.93. The average Bonchev–Trinajstić information content (AvgIpc) is 2.48. The number of aliphatic hydroxyl groups excluding tert-OH is 2. The first kappa shape index (κ1) is 20.1. The average molecular weight is 299 g/mol. The van der Waals surface area contributed by atoms with E-state index in [0.717, 1.165) is 25.7 Å². The zero-order chi connectivity index (χ0) is 15.9. The van der Waals surface area contributed by atoms with Crippen molar-refractivity contribution < 1.29 is 15.0 Å². The third-order valence-corrected chi connectivity index (χ3v) is 3.50. The molecule has 0 aliphatic carbocycles. The molecule has 0 aliphatic heterocycles. The van der Waals surface area contributed by atoms with Gasteiger partial charge in [0.1, 0.15) is 0 Å². The summed E-state index contributed by atoms with van der Waals surface area (Å²) in [7, 11) is 0. The second kappa shape index (κ2) is 14.1. The van der Waals surface area contributed by atoms with Crippen LogP contribution in [0.15, 0.2) is 12.2 Å². The third kappa shape index (κ3) is 11.5. The molecule has 124 valence electrons. The van der Waals surface area contributed by atoms with Gasteiger partial charge in [-0.05, 0) is 12.8 Å². The molecule has 0 radical (unpaired) electrons. The molecule has 1 amide bonds. The van der Waals surface area contributed by atoms with E-state index >= 15 is 0 Å². The zero-order valence-corrected chi connectivity index (χ0v) is 13.7. The summed E-state index contributed by atoms with van der Waals surface area (Å²) in [5, 5.41) is 21.9. The van der Waals surface area contributed by atoms with Crippen LogP contribution in [0.4, 0.5) is 0 Å². The highest BCUT2D eigenvalue weighted by Gasteiger charge is 2.17. The number of unbranched alkanes of at least 4 members (excludes halogenated alkanes) is 6. The lowest BCUT2D eigenvalue weighted by atomic mass is 10.1. The number of amides is 1. The molecule has 2 atom stereocenters. The van der Waals surface area contributed by atoms with Crippen LogP contribution in [-0.2, 0) is 4.79 Å². The molecule has 0 aromatic heterocycles. The van der Waals surface area contributed by atoms with E-state index in [1.807, 2.05) is 6.08 Å². The molecule has 2 unspecified atom stereocenters. The van der Waals surface area contributed by atoms with Crippen LogP contribution in [0.1, 0.15) is 71.6 Å².